The van der Waals surface area contributed by atoms with Crippen LogP contribution >= 0.6 is 15.9 Å². The number of carbonyl (C=O) groups is 1. The zero-order valence-electron chi connectivity index (χ0n) is 10.3. The van der Waals surface area contributed by atoms with Gasteiger partial charge in [0.1, 0.15) is 0 Å². The van der Waals surface area contributed by atoms with E-state index in [1.165, 1.54) is 22.5 Å². The lowest BCUT2D eigenvalue weighted by molar-refractivity contribution is 0.0696. The molecular formula is C12H14BrNO4S. The molecule has 0 spiro atoms. The van der Waals surface area contributed by atoms with Gasteiger partial charge in [-0.25, -0.2) is 13.2 Å². The number of halogens is 1. The predicted molar refractivity (Wildman–Crippen MR) is 75.7 cm³/mol. The summed E-state index contributed by atoms with van der Waals surface area (Å²) in [6.45, 7) is 5.66. The summed E-state index contributed by atoms with van der Waals surface area (Å²) in [5.41, 5.74) is -0.0727. The molecule has 1 aromatic rings. The molecule has 0 aliphatic heterocycles. The summed E-state index contributed by atoms with van der Waals surface area (Å²) in [6.07, 6.45) is 1.48. The molecule has 1 rings (SSSR count). The molecule has 1 aromatic carbocycles. The van der Waals surface area contributed by atoms with Gasteiger partial charge >= 0.3 is 5.97 Å². The molecule has 104 valence electrons. The smallest absolute Gasteiger partial charge is 0.335 e. The van der Waals surface area contributed by atoms with Gasteiger partial charge in [0.05, 0.1) is 10.5 Å². The van der Waals surface area contributed by atoms with E-state index in [4.69, 9.17) is 5.11 Å². The summed E-state index contributed by atoms with van der Waals surface area (Å²) in [6, 6.07) is 3.90. The summed E-state index contributed by atoms with van der Waals surface area (Å²) in [4.78, 5) is 10.9. The summed E-state index contributed by atoms with van der Waals surface area (Å²) in [5.74, 6) is -1.17. The number of carboxylic acid groups (broad SMARTS) is 1. The van der Waals surface area contributed by atoms with Crippen LogP contribution in [0.4, 0.5) is 0 Å². The van der Waals surface area contributed by atoms with Crippen LogP contribution < -0.4 is 0 Å². The van der Waals surface area contributed by atoms with E-state index in [2.05, 4.69) is 22.5 Å². The molecule has 0 aliphatic carbocycles. The second-order valence-electron chi connectivity index (χ2n) is 3.69. The number of likely N-dealkylation sites (N-methyl/N-ethyl adjacent to an activating group) is 1. The van der Waals surface area contributed by atoms with Gasteiger partial charge in [-0.3, -0.25) is 0 Å². The maximum Gasteiger partial charge on any atom is 0.335 e. The number of nitrogens with zero attached hydrogens (tertiary/aromatic N) is 1. The standard InChI is InChI=1S/C12H14BrNO4S/c1-3-7-14(4-2)19(17,18)11-8-9(12(15)16)5-6-10(11)13/h3,5-6,8H,1,4,7H2,2H3,(H,15,16). The third kappa shape index (κ3) is 3.43. The van der Waals surface area contributed by atoms with Crippen molar-refractivity contribution < 1.29 is 18.3 Å². The van der Waals surface area contributed by atoms with Crippen LogP contribution in [0, 0.1) is 0 Å². The van der Waals surface area contributed by atoms with Gasteiger partial charge < -0.3 is 5.11 Å². The van der Waals surface area contributed by atoms with Gasteiger partial charge in [0, 0.05) is 17.6 Å². The van der Waals surface area contributed by atoms with Crippen molar-refractivity contribution in [3.63, 3.8) is 0 Å². The van der Waals surface area contributed by atoms with Crippen LogP contribution in [0.3, 0.4) is 0 Å². The minimum atomic E-state index is -3.75. The highest BCUT2D eigenvalue weighted by Crippen LogP contribution is 2.26. The zero-order valence-corrected chi connectivity index (χ0v) is 12.7. The van der Waals surface area contributed by atoms with Crippen molar-refractivity contribution in [2.45, 2.75) is 11.8 Å². The number of hydrogen-bond donors (Lipinski definition) is 1. The minimum absolute atomic E-state index is 0.0592. The van der Waals surface area contributed by atoms with Crippen LogP contribution in [0.25, 0.3) is 0 Å². The van der Waals surface area contributed by atoms with Gasteiger partial charge in [-0.2, -0.15) is 4.31 Å². The van der Waals surface area contributed by atoms with E-state index in [9.17, 15) is 13.2 Å². The number of carboxylic acids is 1. The van der Waals surface area contributed by atoms with Gasteiger partial charge in [0.25, 0.3) is 0 Å². The Bertz CT molecular complexity index is 598. The average molecular weight is 348 g/mol. The van der Waals surface area contributed by atoms with E-state index < -0.39 is 16.0 Å². The highest BCUT2D eigenvalue weighted by Gasteiger charge is 2.25. The summed E-state index contributed by atoms with van der Waals surface area (Å²) in [7, 11) is -3.75. The van der Waals surface area contributed by atoms with E-state index in [1.54, 1.807) is 6.92 Å². The molecule has 0 bridgehead atoms. The third-order valence-corrected chi connectivity index (χ3v) is 5.42. The Labute approximate surface area is 120 Å². The molecule has 5 nitrogen and oxygen atoms in total. The van der Waals surface area contributed by atoms with Gasteiger partial charge in [0.15, 0.2) is 0 Å². The summed E-state index contributed by atoms with van der Waals surface area (Å²) < 4.78 is 26.4. The lowest BCUT2D eigenvalue weighted by atomic mass is 10.2. The fraction of sp³-hybridized carbons (Fsp3) is 0.250. The molecule has 0 heterocycles. The molecule has 0 fully saturated rings. The molecule has 0 aliphatic rings. The molecule has 7 heteroatoms. The molecule has 0 saturated heterocycles. The van der Waals surface area contributed by atoms with Crippen molar-refractivity contribution in [3.8, 4) is 0 Å². The van der Waals surface area contributed by atoms with Crippen LogP contribution in [0.15, 0.2) is 40.2 Å². The molecule has 1 N–H and O–H groups in total. The largest absolute Gasteiger partial charge is 0.478 e. The Kier molecular flexibility index (Phi) is 5.28. The van der Waals surface area contributed by atoms with Crippen molar-refractivity contribution >= 4 is 31.9 Å². The normalized spacial score (nSPS) is 11.5. The first-order valence-electron chi connectivity index (χ1n) is 5.48. The van der Waals surface area contributed by atoms with E-state index in [-0.39, 0.29) is 23.5 Å². The van der Waals surface area contributed by atoms with Crippen molar-refractivity contribution in [3.05, 3.63) is 40.9 Å². The van der Waals surface area contributed by atoms with Crippen LogP contribution in [0.2, 0.25) is 0 Å². The zero-order chi connectivity index (χ0) is 14.6. The monoisotopic (exact) mass is 347 g/mol. The van der Waals surface area contributed by atoms with Gasteiger partial charge in [-0.15, -0.1) is 6.58 Å². The average Bonchev–Trinajstić information content (AvgIpc) is 2.35. The quantitative estimate of drug-likeness (QED) is 0.801. The Morgan fingerprint density at radius 3 is 2.63 bits per heavy atom. The van der Waals surface area contributed by atoms with Crippen LogP contribution in [0.1, 0.15) is 17.3 Å². The van der Waals surface area contributed by atoms with E-state index in [1.807, 2.05) is 0 Å². The van der Waals surface area contributed by atoms with Crippen LogP contribution in [-0.4, -0.2) is 36.9 Å². The highest BCUT2D eigenvalue weighted by molar-refractivity contribution is 9.10. The first-order valence-corrected chi connectivity index (χ1v) is 7.71. The lowest BCUT2D eigenvalue weighted by Crippen LogP contribution is -2.31. The number of rotatable bonds is 6. The van der Waals surface area contributed by atoms with Gasteiger partial charge in [0.2, 0.25) is 10.0 Å². The Hall–Kier alpha value is -1.18. The van der Waals surface area contributed by atoms with Crippen molar-refractivity contribution in [2.75, 3.05) is 13.1 Å². The molecule has 0 aromatic heterocycles. The summed E-state index contributed by atoms with van der Waals surface area (Å²) >= 11 is 3.14. The predicted octanol–water partition coefficient (Wildman–Crippen LogP) is 2.34. The molecule has 0 saturated carbocycles. The maximum atomic E-state index is 12.4. The molecule has 0 atom stereocenters. The third-order valence-electron chi connectivity index (χ3n) is 2.48. The molecule has 0 unspecified atom stereocenters. The highest BCUT2D eigenvalue weighted by atomic mass is 79.9. The van der Waals surface area contributed by atoms with Crippen molar-refractivity contribution in [1.29, 1.82) is 0 Å². The second kappa shape index (κ2) is 6.31. The molecule has 0 amide bonds. The van der Waals surface area contributed by atoms with E-state index in [0.717, 1.165) is 6.07 Å². The first-order chi connectivity index (χ1) is 8.84. The van der Waals surface area contributed by atoms with Crippen molar-refractivity contribution in [2.24, 2.45) is 0 Å². The number of hydrogen-bond acceptors (Lipinski definition) is 3. The first kappa shape index (κ1) is 15.9. The number of aromatic carboxylic acids is 1. The van der Waals surface area contributed by atoms with Gasteiger partial charge in [-0.05, 0) is 34.1 Å². The SMILES string of the molecule is C=CCN(CC)S(=O)(=O)c1cc(C(=O)O)ccc1Br. The van der Waals surface area contributed by atoms with E-state index >= 15 is 0 Å². The second-order valence-corrected chi connectivity index (χ2v) is 6.46. The van der Waals surface area contributed by atoms with Gasteiger partial charge in [-0.1, -0.05) is 13.0 Å². The Morgan fingerprint density at radius 1 is 1.53 bits per heavy atom. The molecule has 0 radical (unpaired) electrons. The maximum absolute atomic E-state index is 12.4. The fourth-order valence-corrected chi connectivity index (χ4v) is 3.88. The number of benzene rings is 1. The Morgan fingerprint density at radius 2 is 2.16 bits per heavy atom. The fourth-order valence-electron chi connectivity index (χ4n) is 1.51. The minimum Gasteiger partial charge on any atom is -0.478 e. The molecule has 19 heavy (non-hydrogen) atoms. The summed E-state index contributed by atoms with van der Waals surface area (Å²) in [5, 5.41) is 8.93. The lowest BCUT2D eigenvalue weighted by Gasteiger charge is -2.19. The van der Waals surface area contributed by atoms with Crippen molar-refractivity contribution in [1.82, 2.24) is 4.31 Å². The van der Waals surface area contributed by atoms with E-state index in [0.29, 0.717) is 4.47 Å². The topological polar surface area (TPSA) is 74.7 Å². The number of sulfonamides is 1. The Balaban J connectivity index is 3.38. The van der Waals surface area contributed by atoms with Crippen LogP contribution in [0.5, 0.6) is 0 Å². The van der Waals surface area contributed by atoms with Crippen LogP contribution in [-0.2, 0) is 10.0 Å². The molecular weight excluding hydrogens is 334 g/mol.